The first-order chi connectivity index (χ1) is 8.00. The lowest BCUT2D eigenvalue weighted by Crippen LogP contribution is -2.44. The fourth-order valence-electron chi connectivity index (χ4n) is 3.40. The Balaban J connectivity index is 1.99. The highest BCUT2D eigenvalue weighted by Gasteiger charge is 2.41. The SMILES string of the molecule is CC(C(=O)N(C)C)N1CC2CCCC(N)C2C1. The quantitative estimate of drug-likeness (QED) is 0.764. The van der Waals surface area contributed by atoms with Crippen molar-refractivity contribution in [1.82, 2.24) is 9.80 Å². The number of hydrogen-bond acceptors (Lipinski definition) is 3. The van der Waals surface area contributed by atoms with E-state index in [-0.39, 0.29) is 11.9 Å². The van der Waals surface area contributed by atoms with E-state index in [4.69, 9.17) is 5.73 Å². The van der Waals surface area contributed by atoms with Gasteiger partial charge in [-0.3, -0.25) is 9.69 Å². The first-order valence-electron chi connectivity index (χ1n) is 6.71. The molecule has 0 bridgehead atoms. The summed E-state index contributed by atoms with van der Waals surface area (Å²) in [5, 5.41) is 0. The van der Waals surface area contributed by atoms with Crippen LogP contribution in [-0.2, 0) is 4.79 Å². The predicted octanol–water partition coefficient (Wildman–Crippen LogP) is 0.522. The number of fused-ring (bicyclic) bond motifs is 1. The number of rotatable bonds is 2. The topological polar surface area (TPSA) is 49.6 Å². The van der Waals surface area contributed by atoms with Gasteiger partial charge in [-0.25, -0.2) is 0 Å². The van der Waals surface area contributed by atoms with Gasteiger partial charge in [0.15, 0.2) is 0 Å². The van der Waals surface area contributed by atoms with Gasteiger partial charge in [-0.15, -0.1) is 0 Å². The summed E-state index contributed by atoms with van der Waals surface area (Å²) in [5.74, 6) is 1.54. The second-order valence-electron chi connectivity index (χ2n) is 5.88. The average molecular weight is 239 g/mol. The smallest absolute Gasteiger partial charge is 0.239 e. The summed E-state index contributed by atoms with van der Waals surface area (Å²) < 4.78 is 0. The van der Waals surface area contributed by atoms with Crippen LogP contribution in [0.3, 0.4) is 0 Å². The normalized spacial score (nSPS) is 35.4. The molecule has 4 heteroatoms. The number of carbonyl (C=O) groups is 1. The molecule has 4 unspecified atom stereocenters. The van der Waals surface area contributed by atoms with Gasteiger partial charge in [0.1, 0.15) is 0 Å². The predicted molar refractivity (Wildman–Crippen MR) is 68.5 cm³/mol. The molecule has 1 aliphatic heterocycles. The lowest BCUT2D eigenvalue weighted by atomic mass is 9.78. The van der Waals surface area contributed by atoms with Crippen LogP contribution in [0.1, 0.15) is 26.2 Å². The van der Waals surface area contributed by atoms with E-state index in [0.29, 0.717) is 12.0 Å². The Morgan fingerprint density at radius 1 is 1.35 bits per heavy atom. The van der Waals surface area contributed by atoms with Gasteiger partial charge < -0.3 is 10.6 Å². The van der Waals surface area contributed by atoms with Crippen LogP contribution in [0, 0.1) is 11.8 Å². The Hall–Kier alpha value is -0.610. The van der Waals surface area contributed by atoms with Crippen molar-refractivity contribution < 1.29 is 4.79 Å². The summed E-state index contributed by atoms with van der Waals surface area (Å²) in [6, 6.07) is 0.350. The van der Waals surface area contributed by atoms with Gasteiger partial charge in [-0.2, -0.15) is 0 Å². The lowest BCUT2D eigenvalue weighted by molar-refractivity contribution is -0.133. The molecule has 4 atom stereocenters. The molecule has 1 saturated heterocycles. The van der Waals surface area contributed by atoms with Crippen molar-refractivity contribution in [3.63, 3.8) is 0 Å². The van der Waals surface area contributed by atoms with Crippen LogP contribution < -0.4 is 5.73 Å². The van der Waals surface area contributed by atoms with Crippen LogP contribution >= 0.6 is 0 Å². The van der Waals surface area contributed by atoms with Crippen molar-refractivity contribution in [3.05, 3.63) is 0 Å². The van der Waals surface area contributed by atoms with Crippen molar-refractivity contribution in [2.45, 2.75) is 38.3 Å². The number of nitrogens with zero attached hydrogens (tertiary/aromatic N) is 2. The third kappa shape index (κ3) is 2.47. The van der Waals surface area contributed by atoms with Crippen molar-refractivity contribution in [2.24, 2.45) is 17.6 Å². The summed E-state index contributed by atoms with van der Waals surface area (Å²) >= 11 is 0. The van der Waals surface area contributed by atoms with Gasteiger partial charge in [-0.05, 0) is 31.6 Å². The molecule has 1 amide bonds. The zero-order valence-electron chi connectivity index (χ0n) is 11.2. The third-order valence-corrected chi connectivity index (χ3v) is 4.53. The molecule has 0 radical (unpaired) electrons. The molecule has 1 heterocycles. The molecule has 17 heavy (non-hydrogen) atoms. The molecule has 2 aliphatic rings. The van der Waals surface area contributed by atoms with Crippen LogP contribution in [0.25, 0.3) is 0 Å². The van der Waals surface area contributed by atoms with Gasteiger partial charge >= 0.3 is 0 Å². The molecule has 0 aromatic rings. The Morgan fingerprint density at radius 3 is 2.65 bits per heavy atom. The van der Waals surface area contributed by atoms with Crippen molar-refractivity contribution >= 4 is 5.91 Å². The van der Waals surface area contributed by atoms with Crippen LogP contribution in [0.4, 0.5) is 0 Å². The molecule has 0 aromatic heterocycles. The van der Waals surface area contributed by atoms with E-state index in [2.05, 4.69) is 4.90 Å². The average Bonchev–Trinajstić information content (AvgIpc) is 2.72. The van der Waals surface area contributed by atoms with Gasteiger partial charge in [0.25, 0.3) is 0 Å². The first kappa shape index (κ1) is 12.8. The van der Waals surface area contributed by atoms with Crippen molar-refractivity contribution in [2.75, 3.05) is 27.2 Å². The minimum atomic E-state index is 0.00259. The highest BCUT2D eigenvalue weighted by molar-refractivity contribution is 5.80. The summed E-state index contributed by atoms with van der Waals surface area (Å²) in [6.45, 7) is 4.08. The van der Waals surface area contributed by atoms with Gasteiger partial charge in [0.2, 0.25) is 5.91 Å². The van der Waals surface area contributed by atoms with E-state index in [0.717, 1.165) is 25.4 Å². The Bertz CT molecular complexity index is 292. The minimum Gasteiger partial charge on any atom is -0.347 e. The third-order valence-electron chi connectivity index (χ3n) is 4.53. The standard InChI is InChI=1S/C13H25N3O/c1-9(13(17)15(2)3)16-7-10-5-4-6-12(14)11(10)8-16/h9-12H,4-8,14H2,1-3H3. The summed E-state index contributed by atoms with van der Waals surface area (Å²) in [6.07, 6.45) is 3.70. The van der Waals surface area contributed by atoms with Gasteiger partial charge in [0.05, 0.1) is 6.04 Å². The molecule has 2 rings (SSSR count). The van der Waals surface area contributed by atoms with Gasteiger partial charge in [0, 0.05) is 33.2 Å². The molecule has 98 valence electrons. The maximum Gasteiger partial charge on any atom is 0.239 e. The van der Waals surface area contributed by atoms with Crippen LogP contribution in [0.5, 0.6) is 0 Å². The second kappa shape index (κ2) is 4.94. The fraction of sp³-hybridized carbons (Fsp3) is 0.923. The van der Waals surface area contributed by atoms with Crippen LogP contribution in [-0.4, -0.2) is 55.0 Å². The largest absolute Gasteiger partial charge is 0.347 e. The van der Waals surface area contributed by atoms with E-state index < -0.39 is 0 Å². The Morgan fingerprint density at radius 2 is 2.06 bits per heavy atom. The number of likely N-dealkylation sites (N-methyl/N-ethyl adjacent to an activating group) is 1. The van der Waals surface area contributed by atoms with E-state index in [1.165, 1.54) is 12.8 Å². The van der Waals surface area contributed by atoms with E-state index in [1.807, 2.05) is 21.0 Å². The molecular weight excluding hydrogens is 214 g/mol. The molecule has 1 saturated carbocycles. The first-order valence-corrected chi connectivity index (χ1v) is 6.71. The number of nitrogens with two attached hydrogens (primary N) is 1. The van der Waals surface area contributed by atoms with Crippen LogP contribution in [0.2, 0.25) is 0 Å². The van der Waals surface area contributed by atoms with Crippen molar-refractivity contribution in [3.8, 4) is 0 Å². The van der Waals surface area contributed by atoms with E-state index in [9.17, 15) is 4.79 Å². The van der Waals surface area contributed by atoms with Gasteiger partial charge in [-0.1, -0.05) is 6.42 Å². The number of carbonyl (C=O) groups excluding carboxylic acids is 1. The minimum absolute atomic E-state index is 0.00259. The molecule has 0 aromatic carbocycles. The molecule has 4 nitrogen and oxygen atoms in total. The zero-order chi connectivity index (χ0) is 12.6. The molecule has 1 aliphatic carbocycles. The summed E-state index contributed by atoms with van der Waals surface area (Å²) in [4.78, 5) is 16.0. The van der Waals surface area contributed by atoms with Crippen molar-refractivity contribution in [1.29, 1.82) is 0 Å². The fourth-order valence-corrected chi connectivity index (χ4v) is 3.40. The Labute approximate surface area is 104 Å². The maximum absolute atomic E-state index is 12.0. The lowest BCUT2D eigenvalue weighted by Gasteiger charge is -2.30. The van der Waals surface area contributed by atoms with E-state index in [1.54, 1.807) is 4.90 Å². The zero-order valence-corrected chi connectivity index (χ0v) is 11.2. The molecule has 0 spiro atoms. The monoisotopic (exact) mass is 239 g/mol. The highest BCUT2D eigenvalue weighted by atomic mass is 16.2. The second-order valence-corrected chi connectivity index (χ2v) is 5.88. The Kier molecular flexibility index (Phi) is 3.73. The summed E-state index contributed by atoms with van der Waals surface area (Å²) in [5.41, 5.74) is 6.20. The summed E-state index contributed by atoms with van der Waals surface area (Å²) in [7, 11) is 3.65. The van der Waals surface area contributed by atoms with Crippen LogP contribution in [0.15, 0.2) is 0 Å². The molecular formula is C13H25N3O. The maximum atomic E-state index is 12.0. The number of likely N-dealkylation sites (tertiary alicyclic amines) is 1. The number of amides is 1. The highest BCUT2D eigenvalue weighted by Crippen LogP contribution is 2.36. The van der Waals surface area contributed by atoms with E-state index >= 15 is 0 Å². The number of hydrogen-bond donors (Lipinski definition) is 1. The molecule has 2 N–H and O–H groups in total. The molecule has 2 fully saturated rings.